The van der Waals surface area contributed by atoms with Crippen LogP contribution in [0.1, 0.15) is 75.2 Å². The molecule has 3 fully saturated rings. The number of aliphatic hydroxyl groups excluding tert-OH is 6. The highest BCUT2D eigenvalue weighted by atomic mass is 32.1. The summed E-state index contributed by atoms with van der Waals surface area (Å²) in [4.78, 5) is 103. The molecule has 28 heteroatoms. The molecule has 8 rings (SSSR count). The summed E-state index contributed by atoms with van der Waals surface area (Å²) in [6, 6.07) is 15.0. The molecule has 7 amide bonds. The number of phenols is 1. The molecule has 1 unspecified atom stereocenters. The van der Waals surface area contributed by atoms with Crippen molar-refractivity contribution in [2.75, 3.05) is 45.9 Å². The Labute approximate surface area is 529 Å². The standard InChI is InChI=1S/C63H81N11O16S/c1-4-5-24-89-43-18-16-37(17-19-43)36-8-12-39(13-9-36)60-71-72-61(91-60)40-14-10-38(11-15-40)55(82)67-44-28-41(76)30-66-59(86)53-54(81)33(2)31-74(53)63(88)52(47(79)21-23-65)70-58(85)51(48(80)26-35-7-20-46(78)49(27-35)90-25-6-22-64)69-57(84)45-29-42(77)32-73(45)62(87)50(34(3)75)68-56(44)83/h7-20,27,33-34,41-42,44-45,47-48,50-54,75-81H,4-6,21-26,28-32,64-65H2,1-3H3,(H,66,86)(H,67,82)(H,68,83)(H,69,84)(H,70,85)/t33-,34+,41+,42+,44?,45-,47+,48+,50-,51-,52-,53-,54-/m0/s1. The Kier molecular flexibility index (Phi) is 23.9. The van der Waals surface area contributed by atoms with Gasteiger partial charge in [-0.3, -0.25) is 33.6 Å². The highest BCUT2D eigenvalue weighted by Gasteiger charge is 2.50. The molecule has 27 nitrogen and oxygen atoms in total. The van der Waals surface area contributed by atoms with E-state index in [-0.39, 0.29) is 55.3 Å². The number of phenolic OH excluding ortho intramolecular Hbond substituents is 1. The Morgan fingerprint density at radius 2 is 1.30 bits per heavy atom. The number of ether oxygens (including phenoxy) is 2. The number of aromatic nitrogens is 2. The number of benzene rings is 4. The molecule has 1 aromatic heterocycles. The second-order valence-electron chi connectivity index (χ2n) is 23.2. The second-order valence-corrected chi connectivity index (χ2v) is 24.1. The van der Waals surface area contributed by atoms with E-state index in [4.69, 9.17) is 20.9 Å². The Bertz CT molecular complexity index is 3320. The lowest BCUT2D eigenvalue weighted by Crippen LogP contribution is -2.64. The topological polar surface area (TPSA) is 424 Å². The molecule has 0 aliphatic carbocycles. The average Bonchev–Trinajstić information content (AvgIpc) is 1.72. The van der Waals surface area contributed by atoms with Crippen molar-refractivity contribution in [1.82, 2.24) is 46.6 Å². The van der Waals surface area contributed by atoms with Crippen LogP contribution in [0.5, 0.6) is 17.2 Å². The summed E-state index contributed by atoms with van der Waals surface area (Å²) in [6.45, 7) is 4.15. The van der Waals surface area contributed by atoms with Crippen molar-refractivity contribution in [2.45, 2.75) is 139 Å². The van der Waals surface area contributed by atoms with Gasteiger partial charge < -0.3 is 93.1 Å². The van der Waals surface area contributed by atoms with Crippen LogP contribution in [-0.2, 0) is 35.2 Å². The Morgan fingerprint density at radius 3 is 1.93 bits per heavy atom. The SMILES string of the molecule is CCCCOc1ccc(-c2ccc(-c3nnc(-c4ccc(C(=O)NC5C[C@@H](O)CNC(=O)[C@@H]6[C@@H](O)[C@@H](C)CN6C(=O)[C@H]([C@H](O)CCN)NC(=O)[C@H]([C@H](O)Cc6ccc(O)c(OCCCN)c6)NC(=O)[C@@H]6C[C@@H](O)CN6C(=O)[C@H]([C@@H](C)O)NC5=O)cc4)s3)cc2)cc1. The number of β-amino-alcohol motifs (C(OH)–C–C–N with tert-alkyl or cyclic N) is 1. The van der Waals surface area contributed by atoms with Gasteiger partial charge in [-0.2, -0.15) is 0 Å². The molecule has 0 spiro atoms. The molecule has 91 heavy (non-hydrogen) atoms. The number of unbranched alkanes of at least 4 members (excludes halogenated alkanes) is 1. The zero-order chi connectivity index (χ0) is 65.6. The monoisotopic (exact) mass is 1280 g/mol. The lowest BCUT2D eigenvalue weighted by Gasteiger charge is -2.34. The largest absolute Gasteiger partial charge is 0.504 e. The predicted octanol–water partition coefficient (Wildman–Crippen LogP) is -0.551. The molecule has 490 valence electrons. The van der Waals surface area contributed by atoms with Crippen LogP contribution in [0.3, 0.4) is 0 Å². The lowest BCUT2D eigenvalue weighted by atomic mass is 9.98. The van der Waals surface area contributed by atoms with E-state index in [0.29, 0.717) is 28.6 Å². The third kappa shape index (κ3) is 17.2. The molecular formula is C63H81N11O16S. The number of carbonyl (C=O) groups is 7. The summed E-state index contributed by atoms with van der Waals surface area (Å²) < 4.78 is 11.5. The van der Waals surface area contributed by atoms with Gasteiger partial charge >= 0.3 is 0 Å². The van der Waals surface area contributed by atoms with Crippen molar-refractivity contribution >= 4 is 52.7 Å². The van der Waals surface area contributed by atoms with Crippen molar-refractivity contribution in [3.05, 3.63) is 102 Å². The number of nitrogens with one attached hydrogen (secondary N) is 5. The summed E-state index contributed by atoms with van der Waals surface area (Å²) in [6.07, 6.45) is -9.42. The first kappa shape index (κ1) is 68.7. The average molecular weight is 1280 g/mol. The normalized spacial score (nSPS) is 24.8. The van der Waals surface area contributed by atoms with E-state index < -0.39 is 152 Å². The summed E-state index contributed by atoms with van der Waals surface area (Å²) in [5.74, 6) is -7.80. The van der Waals surface area contributed by atoms with Crippen LogP contribution in [0.25, 0.3) is 32.3 Å². The van der Waals surface area contributed by atoms with Crippen LogP contribution >= 0.6 is 11.3 Å². The molecule has 5 aromatic rings. The van der Waals surface area contributed by atoms with Gasteiger partial charge in [0.25, 0.3) is 5.91 Å². The number of nitrogens with zero attached hydrogens (tertiary/aromatic N) is 4. The van der Waals surface area contributed by atoms with E-state index >= 15 is 0 Å². The smallest absolute Gasteiger partial charge is 0.251 e. The van der Waals surface area contributed by atoms with Gasteiger partial charge in [-0.15, -0.1) is 10.2 Å². The molecule has 4 aromatic carbocycles. The molecule has 3 saturated heterocycles. The number of carbonyl (C=O) groups excluding carboxylic acids is 7. The third-order valence-corrected chi connectivity index (χ3v) is 17.2. The molecule has 0 bridgehead atoms. The number of rotatable bonds is 20. The number of amides is 7. The van der Waals surface area contributed by atoms with Crippen molar-refractivity contribution in [2.24, 2.45) is 17.4 Å². The highest BCUT2D eigenvalue weighted by molar-refractivity contribution is 7.17. The van der Waals surface area contributed by atoms with E-state index in [0.717, 1.165) is 52.0 Å². The number of hydrogen-bond donors (Lipinski definition) is 14. The third-order valence-electron chi connectivity index (χ3n) is 16.2. The van der Waals surface area contributed by atoms with Crippen molar-refractivity contribution in [1.29, 1.82) is 0 Å². The molecule has 4 heterocycles. The number of hydrogen-bond acceptors (Lipinski definition) is 21. The van der Waals surface area contributed by atoms with Gasteiger partial charge in [0.15, 0.2) is 11.5 Å². The highest BCUT2D eigenvalue weighted by Crippen LogP contribution is 2.33. The maximum Gasteiger partial charge on any atom is 0.251 e. The maximum absolute atomic E-state index is 14.7. The van der Waals surface area contributed by atoms with Crippen molar-refractivity contribution in [3.8, 4) is 49.5 Å². The van der Waals surface area contributed by atoms with E-state index in [2.05, 4.69) is 43.7 Å². The van der Waals surface area contributed by atoms with Crippen LogP contribution < -0.4 is 47.5 Å². The number of nitrogens with two attached hydrogens (primary N) is 2. The molecule has 3 aliphatic heterocycles. The number of aromatic hydroxyl groups is 1. The summed E-state index contributed by atoms with van der Waals surface area (Å²) in [5.41, 5.74) is 15.2. The van der Waals surface area contributed by atoms with Gasteiger partial charge in [0.2, 0.25) is 35.4 Å². The summed E-state index contributed by atoms with van der Waals surface area (Å²) in [5, 5.41) is 101. The van der Waals surface area contributed by atoms with Gasteiger partial charge in [0.05, 0.1) is 49.8 Å². The molecular weight excluding hydrogens is 1200 g/mol. The minimum Gasteiger partial charge on any atom is -0.504 e. The summed E-state index contributed by atoms with van der Waals surface area (Å²) >= 11 is 1.31. The Morgan fingerprint density at radius 1 is 0.692 bits per heavy atom. The van der Waals surface area contributed by atoms with Crippen LogP contribution in [0, 0.1) is 5.92 Å². The zero-order valence-corrected chi connectivity index (χ0v) is 51.5. The van der Waals surface area contributed by atoms with Crippen LogP contribution in [0.15, 0.2) is 91.0 Å². The fourth-order valence-electron chi connectivity index (χ4n) is 11.0. The minimum atomic E-state index is -2.04. The van der Waals surface area contributed by atoms with E-state index in [1.54, 1.807) is 12.1 Å². The van der Waals surface area contributed by atoms with E-state index in [1.165, 1.54) is 48.6 Å². The maximum atomic E-state index is 14.7. The first-order chi connectivity index (χ1) is 43.6. The molecule has 13 atom stereocenters. The molecule has 0 radical (unpaired) electrons. The van der Waals surface area contributed by atoms with Crippen LogP contribution in [-0.4, -0.2) is 216 Å². The fourth-order valence-corrected chi connectivity index (χ4v) is 11.9. The number of aliphatic hydroxyl groups is 6. The van der Waals surface area contributed by atoms with E-state index in [1.807, 2.05) is 48.5 Å². The van der Waals surface area contributed by atoms with Gasteiger partial charge in [-0.05, 0) is 92.4 Å². The van der Waals surface area contributed by atoms with Crippen molar-refractivity contribution in [3.63, 3.8) is 0 Å². The lowest BCUT2D eigenvalue weighted by molar-refractivity contribution is -0.147. The Hall–Kier alpha value is -8.19. The van der Waals surface area contributed by atoms with Gasteiger partial charge in [0, 0.05) is 61.5 Å². The molecule has 0 saturated carbocycles. The summed E-state index contributed by atoms with van der Waals surface area (Å²) in [7, 11) is 0. The van der Waals surface area contributed by atoms with Gasteiger partial charge in [-0.1, -0.05) is 86.2 Å². The predicted molar refractivity (Wildman–Crippen MR) is 332 cm³/mol. The van der Waals surface area contributed by atoms with Crippen LogP contribution in [0.2, 0.25) is 0 Å². The van der Waals surface area contributed by atoms with Gasteiger partial charge in [0.1, 0.15) is 52.0 Å². The van der Waals surface area contributed by atoms with Gasteiger partial charge in [-0.25, -0.2) is 0 Å². The van der Waals surface area contributed by atoms with Crippen LogP contribution in [0.4, 0.5) is 0 Å². The van der Waals surface area contributed by atoms with E-state index in [9.17, 15) is 69.3 Å². The van der Waals surface area contributed by atoms with Crippen molar-refractivity contribution < 1.29 is 78.8 Å². The zero-order valence-electron chi connectivity index (χ0n) is 50.7. The molecule has 3 aliphatic rings. The fraction of sp³-hybridized carbons (Fsp3) is 0.476. The first-order valence-corrected chi connectivity index (χ1v) is 31.2. The molecule has 16 N–H and O–H groups in total. The quantitative estimate of drug-likeness (QED) is 0.0435. The first-order valence-electron chi connectivity index (χ1n) is 30.4. The second kappa shape index (κ2) is 31.7. The number of fused-ring (bicyclic) bond motifs is 2. The Balaban J connectivity index is 1.06. The minimum absolute atomic E-state index is 0.00279.